The van der Waals surface area contributed by atoms with Crippen LogP contribution in [-0.4, -0.2) is 15.9 Å². The Kier molecular flexibility index (Phi) is 5.62. The van der Waals surface area contributed by atoms with Crippen molar-refractivity contribution in [3.63, 3.8) is 0 Å². The standard InChI is InChI=1S/C19H17ClN4O3S/c1-10-3-6-13(20)9-15(10)22-18(25)16-11(2)21-19(28)23-17(16)12-4-7-14(8-5-12)24(26)27/h3-9,17H,1-2H3,(H,22,25)(H2,21,23,28)/t17-/m1/s1. The first kappa shape index (κ1) is 19.8. The Labute approximate surface area is 171 Å². The van der Waals surface area contributed by atoms with Crippen LogP contribution in [0.25, 0.3) is 0 Å². The lowest BCUT2D eigenvalue weighted by atomic mass is 9.94. The first-order valence-corrected chi connectivity index (χ1v) is 9.15. The van der Waals surface area contributed by atoms with Gasteiger partial charge in [0.25, 0.3) is 11.6 Å². The predicted molar refractivity (Wildman–Crippen MR) is 112 cm³/mol. The second-order valence-electron chi connectivity index (χ2n) is 6.33. The lowest BCUT2D eigenvalue weighted by Crippen LogP contribution is -2.45. The molecule has 0 aromatic heterocycles. The normalized spacial score (nSPS) is 16.2. The van der Waals surface area contributed by atoms with Gasteiger partial charge in [-0.1, -0.05) is 17.7 Å². The summed E-state index contributed by atoms with van der Waals surface area (Å²) in [6.45, 7) is 3.62. The summed E-state index contributed by atoms with van der Waals surface area (Å²) < 4.78 is 0. The van der Waals surface area contributed by atoms with Crippen molar-refractivity contribution in [3.05, 3.63) is 80.0 Å². The molecule has 0 saturated carbocycles. The van der Waals surface area contributed by atoms with Crippen LogP contribution in [0, 0.1) is 17.0 Å². The van der Waals surface area contributed by atoms with Crippen molar-refractivity contribution in [2.45, 2.75) is 19.9 Å². The van der Waals surface area contributed by atoms with E-state index < -0.39 is 11.0 Å². The lowest BCUT2D eigenvalue weighted by molar-refractivity contribution is -0.384. The number of non-ortho nitro benzene ring substituents is 1. The highest BCUT2D eigenvalue weighted by Crippen LogP contribution is 2.30. The number of thiocarbonyl (C=S) groups is 1. The summed E-state index contributed by atoms with van der Waals surface area (Å²) in [7, 11) is 0. The van der Waals surface area contributed by atoms with E-state index in [1.165, 1.54) is 12.1 Å². The molecule has 1 heterocycles. The number of aryl methyl sites for hydroxylation is 1. The van der Waals surface area contributed by atoms with Crippen LogP contribution in [0.5, 0.6) is 0 Å². The molecule has 0 bridgehead atoms. The van der Waals surface area contributed by atoms with Crippen LogP contribution < -0.4 is 16.0 Å². The molecule has 1 aliphatic rings. The third-order valence-corrected chi connectivity index (χ3v) is 4.85. The molecule has 0 aliphatic carbocycles. The monoisotopic (exact) mass is 416 g/mol. The first-order valence-electron chi connectivity index (χ1n) is 8.36. The number of carbonyl (C=O) groups excluding carboxylic acids is 1. The predicted octanol–water partition coefficient (Wildman–Crippen LogP) is 3.99. The van der Waals surface area contributed by atoms with Gasteiger partial charge in [-0.2, -0.15) is 0 Å². The molecule has 28 heavy (non-hydrogen) atoms. The minimum Gasteiger partial charge on any atom is -0.351 e. The van der Waals surface area contributed by atoms with Gasteiger partial charge in [0.1, 0.15) is 0 Å². The average Bonchev–Trinajstić information content (AvgIpc) is 2.64. The highest BCUT2D eigenvalue weighted by Gasteiger charge is 2.30. The summed E-state index contributed by atoms with van der Waals surface area (Å²) in [4.78, 5) is 23.5. The fourth-order valence-electron chi connectivity index (χ4n) is 2.95. The second-order valence-corrected chi connectivity index (χ2v) is 7.18. The van der Waals surface area contributed by atoms with E-state index in [0.29, 0.717) is 32.7 Å². The van der Waals surface area contributed by atoms with Gasteiger partial charge in [0.2, 0.25) is 0 Å². The Bertz CT molecular complexity index is 1000. The van der Waals surface area contributed by atoms with Gasteiger partial charge < -0.3 is 16.0 Å². The number of halogens is 1. The molecule has 1 atom stereocenters. The maximum absolute atomic E-state index is 13.1. The summed E-state index contributed by atoms with van der Waals surface area (Å²) in [6.07, 6.45) is 0. The quantitative estimate of drug-likeness (QED) is 0.396. The van der Waals surface area contributed by atoms with Gasteiger partial charge in [0.15, 0.2) is 5.11 Å². The van der Waals surface area contributed by atoms with Crippen LogP contribution in [0.3, 0.4) is 0 Å². The Morgan fingerprint density at radius 3 is 2.54 bits per heavy atom. The molecule has 0 fully saturated rings. The molecule has 3 N–H and O–H groups in total. The summed E-state index contributed by atoms with van der Waals surface area (Å²) in [5.41, 5.74) is 3.16. The molecular formula is C19H17ClN4O3S. The van der Waals surface area contributed by atoms with Crippen LogP contribution in [0.15, 0.2) is 53.7 Å². The van der Waals surface area contributed by atoms with Crippen LogP contribution in [0.2, 0.25) is 5.02 Å². The minimum atomic E-state index is -0.547. The van der Waals surface area contributed by atoms with E-state index >= 15 is 0 Å². The van der Waals surface area contributed by atoms with Gasteiger partial charge in [0, 0.05) is 28.5 Å². The van der Waals surface area contributed by atoms with E-state index in [2.05, 4.69) is 16.0 Å². The van der Waals surface area contributed by atoms with E-state index in [9.17, 15) is 14.9 Å². The number of benzene rings is 2. The number of rotatable bonds is 4. The third-order valence-electron chi connectivity index (χ3n) is 4.40. The summed E-state index contributed by atoms with van der Waals surface area (Å²) in [6, 6.07) is 10.7. The van der Waals surface area contributed by atoms with Crippen molar-refractivity contribution >= 4 is 46.2 Å². The van der Waals surface area contributed by atoms with Gasteiger partial charge in [-0.05, 0) is 61.5 Å². The number of hydrogen-bond donors (Lipinski definition) is 3. The molecule has 2 aromatic rings. The fraction of sp³-hybridized carbons (Fsp3) is 0.158. The second kappa shape index (κ2) is 7.95. The zero-order valence-corrected chi connectivity index (χ0v) is 16.6. The number of amides is 1. The summed E-state index contributed by atoms with van der Waals surface area (Å²) in [5, 5.41) is 20.7. The van der Waals surface area contributed by atoms with Crippen molar-refractivity contribution in [1.82, 2.24) is 10.6 Å². The van der Waals surface area contributed by atoms with E-state index in [-0.39, 0.29) is 11.6 Å². The average molecular weight is 417 g/mol. The van der Waals surface area contributed by atoms with Gasteiger partial charge >= 0.3 is 0 Å². The SMILES string of the molecule is CC1=C(C(=O)Nc2cc(Cl)ccc2C)[C@@H](c2ccc([N+](=O)[O-])cc2)NC(=S)N1. The molecule has 1 aliphatic heterocycles. The molecule has 7 nitrogen and oxygen atoms in total. The van der Waals surface area contributed by atoms with Crippen molar-refractivity contribution in [2.24, 2.45) is 0 Å². The topological polar surface area (TPSA) is 96.3 Å². The van der Waals surface area contributed by atoms with E-state index in [1.54, 1.807) is 31.2 Å². The molecule has 1 amide bonds. The van der Waals surface area contributed by atoms with Crippen molar-refractivity contribution in [2.75, 3.05) is 5.32 Å². The van der Waals surface area contributed by atoms with Crippen molar-refractivity contribution < 1.29 is 9.72 Å². The van der Waals surface area contributed by atoms with E-state index in [0.717, 1.165) is 5.56 Å². The molecule has 9 heteroatoms. The lowest BCUT2D eigenvalue weighted by Gasteiger charge is -2.30. The summed E-state index contributed by atoms with van der Waals surface area (Å²) in [5.74, 6) is -0.325. The Morgan fingerprint density at radius 2 is 1.89 bits per heavy atom. The fourth-order valence-corrected chi connectivity index (χ4v) is 3.39. The molecule has 0 saturated heterocycles. The van der Waals surface area contributed by atoms with Crippen LogP contribution >= 0.6 is 23.8 Å². The van der Waals surface area contributed by atoms with Gasteiger partial charge in [0.05, 0.1) is 16.5 Å². The molecular weight excluding hydrogens is 400 g/mol. The molecule has 3 rings (SSSR count). The zero-order valence-electron chi connectivity index (χ0n) is 15.1. The van der Waals surface area contributed by atoms with E-state index in [1.807, 2.05) is 13.0 Å². The molecule has 144 valence electrons. The third kappa shape index (κ3) is 4.13. The van der Waals surface area contributed by atoms with E-state index in [4.69, 9.17) is 23.8 Å². The minimum absolute atomic E-state index is 0.0264. The Morgan fingerprint density at radius 1 is 1.21 bits per heavy atom. The van der Waals surface area contributed by atoms with Gasteiger partial charge in [-0.25, -0.2) is 0 Å². The molecule has 2 aromatic carbocycles. The van der Waals surface area contributed by atoms with Crippen molar-refractivity contribution in [3.8, 4) is 0 Å². The summed E-state index contributed by atoms with van der Waals surface area (Å²) >= 11 is 11.3. The zero-order chi connectivity index (χ0) is 20.4. The van der Waals surface area contributed by atoms with Gasteiger partial charge in [-0.3, -0.25) is 14.9 Å². The number of hydrogen-bond acceptors (Lipinski definition) is 4. The Hall–Kier alpha value is -2.97. The maximum atomic E-state index is 13.1. The number of allylic oxidation sites excluding steroid dienone is 1. The number of anilines is 1. The number of nitro benzene ring substituents is 1. The van der Waals surface area contributed by atoms with Crippen LogP contribution in [0.1, 0.15) is 24.1 Å². The number of nitrogens with one attached hydrogen (secondary N) is 3. The highest BCUT2D eigenvalue weighted by molar-refractivity contribution is 7.80. The Balaban J connectivity index is 1.96. The number of nitro groups is 1. The molecule has 0 spiro atoms. The first-order chi connectivity index (χ1) is 13.3. The largest absolute Gasteiger partial charge is 0.351 e. The smallest absolute Gasteiger partial charge is 0.269 e. The highest BCUT2D eigenvalue weighted by atomic mass is 35.5. The number of carbonyl (C=O) groups is 1. The van der Waals surface area contributed by atoms with Crippen LogP contribution in [0.4, 0.5) is 11.4 Å². The van der Waals surface area contributed by atoms with Gasteiger partial charge in [-0.15, -0.1) is 0 Å². The molecule has 0 radical (unpaired) electrons. The van der Waals surface area contributed by atoms with Crippen LogP contribution in [-0.2, 0) is 4.79 Å². The number of nitrogens with zero attached hydrogens (tertiary/aromatic N) is 1. The molecule has 0 unspecified atom stereocenters. The van der Waals surface area contributed by atoms with Crippen molar-refractivity contribution in [1.29, 1.82) is 0 Å². The maximum Gasteiger partial charge on any atom is 0.269 e.